The van der Waals surface area contributed by atoms with Gasteiger partial charge in [-0.15, -0.1) is 0 Å². The average Bonchev–Trinajstić information content (AvgIpc) is 2.19. The smallest absolute Gasteiger partial charge is 0.0624 e. The molecular weight excluding hydrogens is 164 g/mol. The molecule has 1 aromatic carbocycles. The van der Waals surface area contributed by atoms with E-state index in [-0.39, 0.29) is 12.6 Å². The van der Waals surface area contributed by atoms with Crippen LogP contribution < -0.4 is 5.73 Å². The first kappa shape index (κ1) is 11.6. The van der Waals surface area contributed by atoms with E-state index in [1.165, 1.54) is 6.92 Å². The van der Waals surface area contributed by atoms with Gasteiger partial charge in [0, 0.05) is 6.92 Å². The van der Waals surface area contributed by atoms with Crippen LogP contribution in [-0.4, -0.2) is 11.7 Å². The molecule has 0 heterocycles. The van der Waals surface area contributed by atoms with Crippen LogP contribution in [-0.2, 0) is 0 Å². The molecule has 0 spiro atoms. The minimum Gasteiger partial charge on any atom is -0.394 e. The van der Waals surface area contributed by atoms with Crippen LogP contribution in [0.1, 0.15) is 18.5 Å². The summed E-state index contributed by atoms with van der Waals surface area (Å²) in [5, 5.41) is 16.0. The maximum Gasteiger partial charge on any atom is 0.0624 e. The summed E-state index contributed by atoms with van der Waals surface area (Å²) in [6, 6.07) is 11.1. The van der Waals surface area contributed by atoms with Gasteiger partial charge in [0.15, 0.2) is 0 Å². The van der Waals surface area contributed by atoms with Crippen LogP contribution in [0.4, 0.5) is 0 Å². The maximum absolute atomic E-state index is 8.66. The summed E-state index contributed by atoms with van der Waals surface area (Å²) in [7, 11) is 0. The zero-order chi connectivity index (χ0) is 10.1. The second-order valence-corrected chi connectivity index (χ2v) is 2.42. The Hall–Kier alpha value is -1.37. The predicted octanol–water partition coefficient (Wildman–Crippen LogP) is 1.21. The Bertz CT molecular complexity index is 253. The summed E-state index contributed by atoms with van der Waals surface area (Å²) < 4.78 is 0. The van der Waals surface area contributed by atoms with Gasteiger partial charge in [-0.2, -0.15) is 5.26 Å². The van der Waals surface area contributed by atoms with E-state index in [1.807, 2.05) is 30.3 Å². The highest BCUT2D eigenvalue weighted by atomic mass is 16.3. The molecule has 0 bridgehead atoms. The molecular formula is C10H14N2O. The highest BCUT2D eigenvalue weighted by Gasteiger charge is 2.00. The van der Waals surface area contributed by atoms with E-state index in [0.717, 1.165) is 5.56 Å². The molecule has 0 unspecified atom stereocenters. The summed E-state index contributed by atoms with van der Waals surface area (Å²) in [5.41, 5.74) is 6.52. The van der Waals surface area contributed by atoms with Gasteiger partial charge in [0.05, 0.1) is 18.7 Å². The minimum absolute atomic E-state index is 0.00398. The van der Waals surface area contributed by atoms with Gasteiger partial charge in [0.1, 0.15) is 0 Å². The Kier molecular flexibility index (Phi) is 6.52. The molecule has 70 valence electrons. The number of aliphatic hydroxyl groups excluding tert-OH is 1. The lowest BCUT2D eigenvalue weighted by Crippen LogP contribution is -2.13. The van der Waals surface area contributed by atoms with Gasteiger partial charge in [-0.1, -0.05) is 30.3 Å². The average molecular weight is 178 g/mol. The molecule has 0 aliphatic rings. The van der Waals surface area contributed by atoms with Gasteiger partial charge in [0.2, 0.25) is 0 Å². The van der Waals surface area contributed by atoms with Crippen molar-refractivity contribution in [1.82, 2.24) is 0 Å². The van der Waals surface area contributed by atoms with E-state index in [1.54, 1.807) is 6.07 Å². The van der Waals surface area contributed by atoms with E-state index in [0.29, 0.717) is 0 Å². The van der Waals surface area contributed by atoms with Gasteiger partial charge in [0.25, 0.3) is 0 Å². The first-order valence-electron chi connectivity index (χ1n) is 3.98. The third-order valence-electron chi connectivity index (χ3n) is 1.42. The van der Waals surface area contributed by atoms with Gasteiger partial charge >= 0.3 is 0 Å². The van der Waals surface area contributed by atoms with Crippen molar-refractivity contribution in [2.45, 2.75) is 13.0 Å². The molecule has 0 saturated heterocycles. The van der Waals surface area contributed by atoms with Crippen molar-refractivity contribution in [3.05, 3.63) is 35.9 Å². The van der Waals surface area contributed by atoms with Crippen LogP contribution in [0.25, 0.3) is 0 Å². The number of nitrogens with two attached hydrogens (primary N) is 1. The van der Waals surface area contributed by atoms with Crippen LogP contribution in [0.15, 0.2) is 30.3 Å². The minimum atomic E-state index is -0.235. The third kappa shape index (κ3) is 4.96. The topological polar surface area (TPSA) is 70.0 Å². The fourth-order valence-corrected chi connectivity index (χ4v) is 0.806. The SMILES string of the molecule is CC#N.N[C@@H](CO)c1ccccc1. The van der Waals surface area contributed by atoms with Crippen LogP contribution in [0, 0.1) is 11.3 Å². The predicted molar refractivity (Wildman–Crippen MR) is 51.7 cm³/mol. The van der Waals surface area contributed by atoms with E-state index in [2.05, 4.69) is 0 Å². The molecule has 1 rings (SSSR count). The molecule has 13 heavy (non-hydrogen) atoms. The van der Waals surface area contributed by atoms with Crippen molar-refractivity contribution in [3.8, 4) is 6.07 Å². The Morgan fingerprint density at radius 1 is 1.46 bits per heavy atom. The fourth-order valence-electron chi connectivity index (χ4n) is 0.806. The van der Waals surface area contributed by atoms with Crippen molar-refractivity contribution in [1.29, 1.82) is 5.26 Å². The normalized spacial score (nSPS) is 10.6. The molecule has 0 radical (unpaired) electrons. The zero-order valence-corrected chi connectivity index (χ0v) is 7.64. The molecule has 3 nitrogen and oxygen atoms in total. The monoisotopic (exact) mass is 178 g/mol. The second-order valence-electron chi connectivity index (χ2n) is 2.42. The quantitative estimate of drug-likeness (QED) is 0.715. The summed E-state index contributed by atoms with van der Waals surface area (Å²) in [6.45, 7) is 1.43. The lowest BCUT2D eigenvalue weighted by atomic mass is 10.1. The van der Waals surface area contributed by atoms with Gasteiger partial charge in [-0.25, -0.2) is 0 Å². The second kappa shape index (κ2) is 7.29. The zero-order valence-electron chi connectivity index (χ0n) is 7.64. The van der Waals surface area contributed by atoms with E-state index in [9.17, 15) is 0 Å². The number of benzene rings is 1. The molecule has 0 aliphatic heterocycles. The molecule has 0 saturated carbocycles. The molecule has 0 aromatic heterocycles. The van der Waals surface area contributed by atoms with Crippen molar-refractivity contribution in [3.63, 3.8) is 0 Å². The molecule has 3 N–H and O–H groups in total. The van der Waals surface area contributed by atoms with Gasteiger partial charge in [-0.3, -0.25) is 0 Å². The van der Waals surface area contributed by atoms with Crippen molar-refractivity contribution in [2.24, 2.45) is 5.73 Å². The first-order valence-corrected chi connectivity index (χ1v) is 3.98. The first-order chi connectivity index (χ1) is 6.26. The number of hydrogen-bond donors (Lipinski definition) is 2. The standard InChI is InChI=1S/C8H11NO.C2H3N/c9-8(6-10)7-4-2-1-3-5-7;1-2-3/h1-5,8,10H,6,9H2;1H3/t8-;/m0./s1. The molecule has 0 fully saturated rings. The van der Waals surface area contributed by atoms with Gasteiger partial charge < -0.3 is 10.8 Å². The van der Waals surface area contributed by atoms with Crippen molar-refractivity contribution >= 4 is 0 Å². The lowest BCUT2D eigenvalue weighted by molar-refractivity contribution is 0.268. The highest BCUT2D eigenvalue weighted by molar-refractivity contribution is 5.18. The van der Waals surface area contributed by atoms with Crippen LogP contribution in [0.3, 0.4) is 0 Å². The Morgan fingerprint density at radius 2 is 1.92 bits per heavy atom. The number of rotatable bonds is 2. The van der Waals surface area contributed by atoms with Crippen LogP contribution >= 0.6 is 0 Å². The van der Waals surface area contributed by atoms with E-state index in [4.69, 9.17) is 16.1 Å². The maximum atomic E-state index is 8.66. The summed E-state index contributed by atoms with van der Waals surface area (Å²) in [5.74, 6) is 0. The molecule has 0 amide bonds. The highest BCUT2D eigenvalue weighted by Crippen LogP contribution is 2.06. The molecule has 1 atom stereocenters. The number of aliphatic hydroxyl groups is 1. The lowest BCUT2D eigenvalue weighted by Gasteiger charge is -2.06. The number of hydrogen-bond acceptors (Lipinski definition) is 3. The number of nitriles is 1. The molecule has 1 aromatic rings. The third-order valence-corrected chi connectivity index (χ3v) is 1.42. The fraction of sp³-hybridized carbons (Fsp3) is 0.300. The van der Waals surface area contributed by atoms with Crippen LogP contribution in [0.2, 0.25) is 0 Å². The number of nitrogens with zero attached hydrogens (tertiary/aromatic N) is 1. The Balaban J connectivity index is 0.000000424. The molecule has 0 aliphatic carbocycles. The Morgan fingerprint density at radius 3 is 2.31 bits per heavy atom. The summed E-state index contributed by atoms with van der Waals surface area (Å²) >= 11 is 0. The van der Waals surface area contributed by atoms with E-state index < -0.39 is 0 Å². The molecule has 3 heteroatoms. The summed E-state index contributed by atoms with van der Waals surface area (Å²) in [4.78, 5) is 0. The van der Waals surface area contributed by atoms with Crippen LogP contribution in [0.5, 0.6) is 0 Å². The van der Waals surface area contributed by atoms with E-state index >= 15 is 0 Å². The summed E-state index contributed by atoms with van der Waals surface area (Å²) in [6.07, 6.45) is 0. The van der Waals surface area contributed by atoms with Gasteiger partial charge in [-0.05, 0) is 5.56 Å². The Labute approximate surface area is 78.4 Å². The van der Waals surface area contributed by atoms with Crippen molar-refractivity contribution in [2.75, 3.05) is 6.61 Å². The van der Waals surface area contributed by atoms with Crippen molar-refractivity contribution < 1.29 is 5.11 Å². The largest absolute Gasteiger partial charge is 0.394 e.